The van der Waals surface area contributed by atoms with Crippen molar-refractivity contribution in [1.29, 1.82) is 0 Å². The normalized spacial score (nSPS) is 11.4. The molecule has 0 saturated carbocycles. The molecule has 0 amide bonds. The second-order valence-electron chi connectivity index (χ2n) is 3.88. The van der Waals surface area contributed by atoms with Gasteiger partial charge >= 0.3 is 5.69 Å². The number of nitrogens with zero attached hydrogens (tertiary/aromatic N) is 6. The smallest absolute Gasteiger partial charge is 0.369 e. The molecule has 10 heteroatoms. The molecule has 0 atom stereocenters. The molecule has 0 aliphatic heterocycles. The topological polar surface area (TPSA) is 87.7 Å². The Bertz CT molecular complexity index is 879. The standard InChI is InChI=1S/C11H10N6O2S2/c1-3-8-7(6-19-10-12-4-5-20-10)9(13-21-8)17-11(18)16(2)14-15-17/h3-5H,1,6H2,2H3/i4T. The van der Waals surface area contributed by atoms with Gasteiger partial charge in [-0.2, -0.15) is 9.06 Å². The number of aryl methyl sites for hydroxylation is 1. The molecule has 0 aliphatic carbocycles. The van der Waals surface area contributed by atoms with Crippen LogP contribution < -0.4 is 10.4 Å². The Morgan fingerprint density at radius 3 is 3.05 bits per heavy atom. The Morgan fingerprint density at radius 1 is 1.57 bits per heavy atom. The van der Waals surface area contributed by atoms with Crippen LogP contribution in [0.5, 0.6) is 5.19 Å². The Hall–Kier alpha value is -2.33. The van der Waals surface area contributed by atoms with E-state index < -0.39 is 5.69 Å². The van der Waals surface area contributed by atoms with Crippen LogP contribution in [-0.2, 0) is 13.7 Å². The van der Waals surface area contributed by atoms with Crippen molar-refractivity contribution in [3.63, 3.8) is 0 Å². The van der Waals surface area contributed by atoms with Crippen LogP contribution in [0.4, 0.5) is 0 Å². The molecular formula is C11H10N6O2S2. The summed E-state index contributed by atoms with van der Waals surface area (Å²) in [5, 5.41) is 9.40. The van der Waals surface area contributed by atoms with Crippen LogP contribution in [0.15, 0.2) is 22.9 Å². The molecule has 0 saturated heterocycles. The maximum Gasteiger partial charge on any atom is 0.369 e. The van der Waals surface area contributed by atoms with Crippen molar-refractivity contribution in [2.45, 2.75) is 6.61 Å². The summed E-state index contributed by atoms with van der Waals surface area (Å²) in [6.07, 6.45) is 1.79. The maximum atomic E-state index is 12.0. The quantitative estimate of drug-likeness (QED) is 0.698. The third-order valence-electron chi connectivity index (χ3n) is 2.61. The first-order chi connectivity index (χ1) is 10.6. The van der Waals surface area contributed by atoms with Crippen LogP contribution in [0, 0.1) is 0 Å². The number of ether oxygens (including phenoxy) is 1. The number of tetrazole rings is 1. The third kappa shape index (κ3) is 2.50. The highest BCUT2D eigenvalue weighted by Gasteiger charge is 2.18. The van der Waals surface area contributed by atoms with E-state index in [1.54, 1.807) is 11.5 Å². The van der Waals surface area contributed by atoms with E-state index in [-0.39, 0.29) is 12.8 Å². The van der Waals surface area contributed by atoms with Crippen molar-refractivity contribution in [2.24, 2.45) is 7.05 Å². The Kier molecular flexibility index (Phi) is 3.30. The molecule has 108 valence electrons. The first-order valence-corrected chi connectivity index (χ1v) is 7.40. The number of hydrogen-bond donors (Lipinski definition) is 0. The van der Waals surface area contributed by atoms with Crippen LogP contribution in [0.1, 0.15) is 11.8 Å². The molecule has 0 bridgehead atoms. The lowest BCUT2D eigenvalue weighted by molar-refractivity contribution is 0.304. The Labute approximate surface area is 128 Å². The first kappa shape index (κ1) is 12.4. The van der Waals surface area contributed by atoms with Gasteiger partial charge in [-0.25, -0.2) is 9.78 Å². The van der Waals surface area contributed by atoms with Crippen molar-refractivity contribution < 1.29 is 6.11 Å². The summed E-state index contributed by atoms with van der Waals surface area (Å²) in [7, 11) is 1.51. The van der Waals surface area contributed by atoms with E-state index in [2.05, 4.69) is 26.4 Å². The fraction of sp³-hybridized carbons (Fsp3) is 0.182. The van der Waals surface area contributed by atoms with E-state index in [9.17, 15) is 4.79 Å². The summed E-state index contributed by atoms with van der Waals surface area (Å²) in [6.45, 7) is 3.87. The number of rotatable bonds is 5. The van der Waals surface area contributed by atoms with Gasteiger partial charge in [-0.1, -0.05) is 24.0 Å². The summed E-state index contributed by atoms with van der Waals surface area (Å²) < 4.78 is 19.4. The van der Waals surface area contributed by atoms with Gasteiger partial charge in [0.05, 0.1) is 11.8 Å². The fourth-order valence-corrected chi connectivity index (χ4v) is 2.75. The summed E-state index contributed by atoms with van der Waals surface area (Å²) in [5.41, 5.74) is 0.272. The van der Waals surface area contributed by atoms with Gasteiger partial charge in [-0.15, -0.1) is 4.68 Å². The van der Waals surface area contributed by atoms with Crippen LogP contribution >= 0.6 is 22.9 Å². The average Bonchev–Trinajstić information content (AvgIpc) is 3.18. The molecule has 0 radical (unpaired) electrons. The minimum atomic E-state index is -0.398. The molecule has 3 aromatic rings. The van der Waals surface area contributed by atoms with E-state index in [4.69, 9.17) is 6.11 Å². The van der Waals surface area contributed by atoms with Crippen LogP contribution in [0.3, 0.4) is 0 Å². The van der Waals surface area contributed by atoms with Gasteiger partial charge < -0.3 is 4.74 Å². The first-order valence-electron chi connectivity index (χ1n) is 6.25. The van der Waals surface area contributed by atoms with E-state index in [0.29, 0.717) is 16.6 Å². The van der Waals surface area contributed by atoms with Gasteiger partial charge in [0.15, 0.2) is 5.82 Å². The van der Waals surface area contributed by atoms with Gasteiger partial charge in [0, 0.05) is 18.6 Å². The predicted octanol–water partition coefficient (Wildman–Crippen LogP) is 1.10. The van der Waals surface area contributed by atoms with Gasteiger partial charge in [0.2, 0.25) is 0 Å². The van der Waals surface area contributed by atoms with E-state index in [1.165, 1.54) is 29.9 Å². The highest BCUT2D eigenvalue weighted by Crippen LogP contribution is 2.24. The summed E-state index contributed by atoms with van der Waals surface area (Å²) >= 11 is 2.42. The van der Waals surface area contributed by atoms with Crippen LogP contribution in [0.2, 0.25) is 0 Å². The van der Waals surface area contributed by atoms with E-state index in [1.807, 2.05) is 0 Å². The number of thiazole rings is 1. The maximum absolute atomic E-state index is 12.0. The third-order valence-corrected chi connectivity index (χ3v) is 4.12. The summed E-state index contributed by atoms with van der Waals surface area (Å²) in [5.74, 6) is 0.362. The molecular weight excluding hydrogens is 312 g/mol. The highest BCUT2D eigenvalue weighted by atomic mass is 32.1. The van der Waals surface area contributed by atoms with Crippen molar-refractivity contribution in [1.82, 2.24) is 29.1 Å². The van der Waals surface area contributed by atoms with E-state index >= 15 is 0 Å². The predicted molar refractivity (Wildman–Crippen MR) is 78.8 cm³/mol. The molecule has 0 spiro atoms. The molecule has 8 nitrogen and oxygen atoms in total. The minimum Gasteiger partial charge on any atom is -0.465 e. The number of aromatic nitrogens is 6. The minimum absolute atomic E-state index is 0.142. The number of hydrogen-bond acceptors (Lipinski definition) is 8. The lowest BCUT2D eigenvalue weighted by Gasteiger charge is -2.03. The van der Waals surface area contributed by atoms with Gasteiger partial charge in [0.1, 0.15) is 6.61 Å². The van der Waals surface area contributed by atoms with E-state index in [0.717, 1.165) is 14.2 Å². The fourth-order valence-electron chi connectivity index (χ4n) is 1.60. The molecule has 3 rings (SSSR count). The van der Waals surface area contributed by atoms with Gasteiger partial charge in [-0.05, 0) is 22.0 Å². The molecule has 0 unspecified atom stereocenters. The molecule has 21 heavy (non-hydrogen) atoms. The molecule has 3 aromatic heterocycles. The monoisotopic (exact) mass is 324 g/mol. The van der Waals surface area contributed by atoms with Crippen molar-refractivity contribution in [2.75, 3.05) is 0 Å². The zero-order chi connectivity index (χ0) is 15.7. The van der Waals surface area contributed by atoms with Crippen molar-refractivity contribution in [3.05, 3.63) is 39.1 Å². The molecule has 0 aromatic carbocycles. The highest BCUT2D eigenvalue weighted by molar-refractivity contribution is 7.11. The zero-order valence-electron chi connectivity index (χ0n) is 11.9. The Morgan fingerprint density at radius 2 is 2.43 bits per heavy atom. The largest absolute Gasteiger partial charge is 0.465 e. The van der Waals surface area contributed by atoms with Gasteiger partial charge in [0.25, 0.3) is 5.19 Å². The molecule has 0 fully saturated rings. The van der Waals surface area contributed by atoms with Crippen molar-refractivity contribution >= 4 is 28.9 Å². The average molecular weight is 324 g/mol. The zero-order valence-corrected chi connectivity index (χ0v) is 12.5. The van der Waals surface area contributed by atoms with Gasteiger partial charge in [-0.3, -0.25) is 0 Å². The van der Waals surface area contributed by atoms with Crippen LogP contribution in [-0.4, -0.2) is 29.1 Å². The lowest BCUT2D eigenvalue weighted by atomic mass is 10.2. The second-order valence-corrected chi connectivity index (χ2v) is 5.51. The summed E-state index contributed by atoms with van der Waals surface area (Å²) in [6, 6.07) is 0. The van der Waals surface area contributed by atoms with Crippen LogP contribution in [0.25, 0.3) is 11.9 Å². The lowest BCUT2D eigenvalue weighted by Crippen LogP contribution is -2.23. The summed E-state index contributed by atoms with van der Waals surface area (Å²) in [4.78, 5) is 16.6. The Balaban J connectivity index is 1.95. The SMILES string of the molecule is [3H]c1csc(OCc2c(-n3nnn(C)c3=O)nsc2C=C)n1. The molecule has 0 N–H and O–H groups in total. The molecule has 0 aliphatic rings. The second kappa shape index (κ2) is 5.58. The molecule has 3 heterocycles. The van der Waals surface area contributed by atoms with Crippen molar-refractivity contribution in [3.8, 4) is 11.0 Å².